The second-order valence-corrected chi connectivity index (χ2v) is 7.29. The summed E-state index contributed by atoms with van der Waals surface area (Å²) in [6.07, 6.45) is 0.815. The highest BCUT2D eigenvalue weighted by Gasteiger charge is 2.09. The summed E-state index contributed by atoms with van der Waals surface area (Å²) in [5.41, 5.74) is 1.69. The zero-order valence-corrected chi connectivity index (χ0v) is 13.4. The quantitative estimate of drug-likeness (QED) is 0.691. The average Bonchev–Trinajstić information content (AvgIpc) is 3.02. The Hall–Kier alpha value is -1.25. The Morgan fingerprint density at radius 2 is 2.25 bits per heavy atom. The van der Waals surface area contributed by atoms with Gasteiger partial charge in [0.2, 0.25) is 4.96 Å². The lowest BCUT2D eigenvalue weighted by Gasteiger charge is -1.98. The van der Waals surface area contributed by atoms with E-state index in [-0.39, 0.29) is 5.56 Å². The van der Waals surface area contributed by atoms with Gasteiger partial charge in [-0.2, -0.15) is 9.61 Å². The van der Waals surface area contributed by atoms with Crippen molar-refractivity contribution in [3.8, 4) is 0 Å². The maximum absolute atomic E-state index is 12.0. The zero-order chi connectivity index (χ0) is 14.1. The first-order valence-electron chi connectivity index (χ1n) is 6.09. The summed E-state index contributed by atoms with van der Waals surface area (Å²) < 4.78 is 2.38. The van der Waals surface area contributed by atoms with Gasteiger partial charge in [-0.1, -0.05) is 30.0 Å². The van der Waals surface area contributed by atoms with E-state index in [0.29, 0.717) is 10.7 Å². The largest absolute Gasteiger partial charge is 0.275 e. The van der Waals surface area contributed by atoms with Crippen LogP contribution >= 0.6 is 34.4 Å². The van der Waals surface area contributed by atoms with Crippen molar-refractivity contribution < 1.29 is 0 Å². The molecule has 20 heavy (non-hydrogen) atoms. The highest BCUT2D eigenvalue weighted by molar-refractivity contribution is 8.00. The van der Waals surface area contributed by atoms with E-state index in [9.17, 15) is 4.79 Å². The van der Waals surface area contributed by atoms with E-state index in [0.717, 1.165) is 27.2 Å². The van der Waals surface area contributed by atoms with E-state index < -0.39 is 0 Å². The molecule has 0 aromatic carbocycles. The fourth-order valence-electron chi connectivity index (χ4n) is 1.65. The van der Waals surface area contributed by atoms with Crippen LogP contribution in [0, 0.1) is 6.92 Å². The van der Waals surface area contributed by atoms with Crippen molar-refractivity contribution in [3.05, 3.63) is 38.2 Å². The van der Waals surface area contributed by atoms with Gasteiger partial charge in [0.05, 0.1) is 5.69 Å². The van der Waals surface area contributed by atoms with Crippen molar-refractivity contribution in [3.63, 3.8) is 0 Å². The third kappa shape index (κ3) is 2.77. The summed E-state index contributed by atoms with van der Waals surface area (Å²) in [4.78, 5) is 21.5. The van der Waals surface area contributed by atoms with Gasteiger partial charge in [-0.3, -0.25) is 4.79 Å². The molecule has 3 heterocycles. The van der Waals surface area contributed by atoms with E-state index in [1.165, 1.54) is 15.9 Å². The molecule has 104 valence electrons. The molecule has 0 fully saturated rings. The Morgan fingerprint density at radius 1 is 1.40 bits per heavy atom. The molecule has 0 aliphatic rings. The molecule has 8 heteroatoms. The van der Waals surface area contributed by atoms with Crippen LogP contribution in [0.15, 0.2) is 20.6 Å². The van der Waals surface area contributed by atoms with Crippen LogP contribution in [-0.4, -0.2) is 19.6 Å². The number of fused-ring (bicyclic) bond motifs is 1. The number of aryl methyl sites for hydroxylation is 2. The molecule has 0 spiro atoms. The number of aromatic nitrogens is 4. The Kier molecular flexibility index (Phi) is 3.86. The number of hydrogen-bond acceptors (Lipinski definition) is 7. The second kappa shape index (κ2) is 5.63. The van der Waals surface area contributed by atoms with Crippen LogP contribution in [0.4, 0.5) is 0 Å². The minimum Gasteiger partial charge on any atom is -0.267 e. The lowest BCUT2D eigenvalue weighted by atomic mass is 10.4. The van der Waals surface area contributed by atoms with Crippen LogP contribution in [0.25, 0.3) is 4.96 Å². The smallest absolute Gasteiger partial charge is 0.267 e. The maximum Gasteiger partial charge on any atom is 0.275 e. The first-order valence-corrected chi connectivity index (χ1v) is 8.77. The highest BCUT2D eigenvalue weighted by Crippen LogP contribution is 2.25. The molecule has 0 amide bonds. The first-order chi connectivity index (χ1) is 9.65. The van der Waals surface area contributed by atoms with Gasteiger partial charge in [0.1, 0.15) is 9.35 Å². The lowest BCUT2D eigenvalue weighted by molar-refractivity contribution is 0.852. The monoisotopic (exact) mass is 324 g/mol. The molecule has 0 atom stereocenters. The Bertz CT molecular complexity index is 804. The van der Waals surface area contributed by atoms with Crippen LogP contribution in [0.5, 0.6) is 0 Å². The van der Waals surface area contributed by atoms with Crippen molar-refractivity contribution in [1.29, 1.82) is 0 Å². The van der Waals surface area contributed by atoms with Crippen molar-refractivity contribution in [1.82, 2.24) is 19.6 Å². The van der Waals surface area contributed by atoms with Crippen molar-refractivity contribution in [2.45, 2.75) is 30.4 Å². The average molecular weight is 324 g/mol. The maximum atomic E-state index is 12.0. The fraction of sp³-hybridized carbons (Fsp3) is 0.333. The van der Waals surface area contributed by atoms with Gasteiger partial charge >= 0.3 is 0 Å². The molecule has 0 unspecified atom stereocenters. The van der Waals surface area contributed by atoms with E-state index in [2.05, 4.69) is 15.1 Å². The number of rotatable bonds is 4. The molecule has 0 aliphatic heterocycles. The molecular weight excluding hydrogens is 312 g/mol. The number of thioether (sulfide) groups is 1. The topological polar surface area (TPSA) is 60.2 Å². The first kappa shape index (κ1) is 13.7. The van der Waals surface area contributed by atoms with Gasteiger partial charge in [-0.15, -0.1) is 11.3 Å². The Labute approximate surface area is 127 Å². The molecule has 0 aliphatic carbocycles. The summed E-state index contributed by atoms with van der Waals surface area (Å²) in [7, 11) is 0. The van der Waals surface area contributed by atoms with Gasteiger partial charge in [-0.05, 0) is 13.3 Å². The molecule has 5 nitrogen and oxygen atoms in total. The molecule has 0 saturated carbocycles. The number of hydrogen-bond donors (Lipinski definition) is 0. The van der Waals surface area contributed by atoms with Gasteiger partial charge in [0.15, 0.2) is 0 Å². The van der Waals surface area contributed by atoms with E-state index in [4.69, 9.17) is 0 Å². The van der Waals surface area contributed by atoms with Gasteiger partial charge in [0, 0.05) is 22.9 Å². The SMILES string of the molecule is CCc1nn2c(=O)cc(CSc3nc(C)cs3)nc2s1. The highest BCUT2D eigenvalue weighted by atomic mass is 32.2. The normalized spacial score (nSPS) is 11.3. The summed E-state index contributed by atoms with van der Waals surface area (Å²) in [6, 6.07) is 1.56. The molecule has 0 bridgehead atoms. The van der Waals surface area contributed by atoms with Crippen LogP contribution in [-0.2, 0) is 12.2 Å². The van der Waals surface area contributed by atoms with Crippen molar-refractivity contribution in [2.24, 2.45) is 0 Å². The van der Waals surface area contributed by atoms with Gasteiger partial charge < -0.3 is 0 Å². The lowest BCUT2D eigenvalue weighted by Crippen LogP contribution is -2.15. The number of nitrogens with zero attached hydrogens (tertiary/aromatic N) is 4. The molecule has 3 rings (SSSR count). The minimum atomic E-state index is -0.114. The van der Waals surface area contributed by atoms with Crippen LogP contribution < -0.4 is 5.56 Å². The predicted molar refractivity (Wildman–Crippen MR) is 82.9 cm³/mol. The summed E-state index contributed by atoms with van der Waals surface area (Å²) in [6.45, 7) is 3.99. The predicted octanol–water partition coefficient (Wildman–Crippen LogP) is 2.77. The van der Waals surface area contributed by atoms with Crippen LogP contribution in [0.3, 0.4) is 0 Å². The molecular formula is C12H12N4OS3. The third-order valence-electron chi connectivity index (χ3n) is 2.58. The molecule has 0 N–H and O–H groups in total. The van der Waals surface area contributed by atoms with Crippen LogP contribution in [0.2, 0.25) is 0 Å². The molecule has 0 saturated heterocycles. The standard InChI is InChI=1S/C12H12N4OS3/c1-3-9-15-16-10(17)4-8(14-11(16)20-9)6-19-12-13-7(2)5-18-12/h4-5H,3,6H2,1-2H3. The zero-order valence-electron chi connectivity index (χ0n) is 11.0. The Morgan fingerprint density at radius 3 is 2.95 bits per heavy atom. The van der Waals surface area contributed by atoms with E-state index >= 15 is 0 Å². The molecule has 3 aromatic heterocycles. The second-order valence-electron chi connectivity index (χ2n) is 4.17. The van der Waals surface area contributed by atoms with Crippen molar-refractivity contribution in [2.75, 3.05) is 0 Å². The molecule has 0 radical (unpaired) electrons. The Balaban J connectivity index is 1.86. The third-order valence-corrected chi connectivity index (χ3v) is 5.81. The van der Waals surface area contributed by atoms with Gasteiger partial charge in [0.25, 0.3) is 5.56 Å². The summed E-state index contributed by atoms with van der Waals surface area (Å²) in [5, 5.41) is 7.18. The van der Waals surface area contributed by atoms with E-state index in [1.807, 2.05) is 19.2 Å². The minimum absolute atomic E-state index is 0.114. The molecule has 3 aromatic rings. The summed E-state index contributed by atoms with van der Waals surface area (Å²) in [5.74, 6) is 0.651. The summed E-state index contributed by atoms with van der Waals surface area (Å²) >= 11 is 4.69. The fourth-order valence-corrected chi connectivity index (χ4v) is 4.25. The van der Waals surface area contributed by atoms with Crippen molar-refractivity contribution >= 4 is 39.4 Å². The number of thiazole rings is 1. The van der Waals surface area contributed by atoms with Gasteiger partial charge in [-0.25, -0.2) is 9.97 Å². The van der Waals surface area contributed by atoms with Crippen LogP contribution in [0.1, 0.15) is 23.3 Å². The van der Waals surface area contributed by atoms with E-state index in [1.54, 1.807) is 29.2 Å².